The third-order valence-corrected chi connectivity index (χ3v) is 5.73. The molecule has 0 spiro atoms. The topological polar surface area (TPSA) is 79.7 Å². The quantitative estimate of drug-likeness (QED) is 0.537. The molecule has 0 bridgehead atoms. The van der Waals surface area contributed by atoms with Gasteiger partial charge in [0.15, 0.2) is 0 Å². The summed E-state index contributed by atoms with van der Waals surface area (Å²) in [6.07, 6.45) is 2.43. The van der Waals surface area contributed by atoms with E-state index in [4.69, 9.17) is 4.74 Å². The molecule has 1 aromatic heterocycles. The molecule has 0 atom stereocenters. The average molecular weight is 385 g/mol. The maximum Gasteiger partial charge on any atom is 0.307 e. The lowest BCUT2D eigenvalue weighted by Crippen LogP contribution is -2.10. The summed E-state index contributed by atoms with van der Waals surface area (Å²) in [7, 11) is 0. The highest BCUT2D eigenvalue weighted by Gasteiger charge is 2.23. The Morgan fingerprint density at radius 2 is 1.93 bits per heavy atom. The molecule has 3 aromatic carbocycles. The minimum Gasteiger partial charge on any atom is -0.507 e. The van der Waals surface area contributed by atoms with Crippen LogP contribution in [0.5, 0.6) is 11.5 Å². The Labute approximate surface area is 167 Å². The molecule has 5 rings (SSSR count). The van der Waals surface area contributed by atoms with E-state index in [-0.39, 0.29) is 12.2 Å². The molecule has 144 valence electrons. The van der Waals surface area contributed by atoms with E-state index in [2.05, 4.69) is 4.98 Å². The average Bonchev–Trinajstić information content (AvgIpc) is 2.73. The minimum atomic E-state index is -0.942. The molecule has 5 heteroatoms. The molecule has 0 amide bonds. The van der Waals surface area contributed by atoms with E-state index in [1.807, 2.05) is 42.5 Å². The van der Waals surface area contributed by atoms with E-state index in [1.54, 1.807) is 13.1 Å². The smallest absolute Gasteiger partial charge is 0.307 e. The molecule has 5 nitrogen and oxygen atoms in total. The van der Waals surface area contributed by atoms with Gasteiger partial charge in [-0.15, -0.1) is 0 Å². The second kappa shape index (κ2) is 6.48. The van der Waals surface area contributed by atoms with Crippen LogP contribution in [0, 0.1) is 6.92 Å². The van der Waals surface area contributed by atoms with Gasteiger partial charge in [0.05, 0.1) is 18.5 Å². The van der Waals surface area contributed by atoms with Crippen LogP contribution in [0.25, 0.3) is 32.8 Å². The van der Waals surface area contributed by atoms with Crippen LogP contribution in [-0.4, -0.2) is 27.8 Å². The highest BCUT2D eigenvalue weighted by molar-refractivity contribution is 6.10. The van der Waals surface area contributed by atoms with E-state index in [0.29, 0.717) is 23.1 Å². The Morgan fingerprint density at radius 1 is 1.14 bits per heavy atom. The number of rotatable bonds is 3. The number of aliphatic carboxylic acids is 1. The summed E-state index contributed by atoms with van der Waals surface area (Å²) < 4.78 is 5.84. The number of nitrogens with zero attached hydrogens (tertiary/aromatic N) is 1. The van der Waals surface area contributed by atoms with Gasteiger partial charge in [-0.1, -0.05) is 24.3 Å². The molecule has 4 aromatic rings. The Kier molecular flexibility index (Phi) is 3.91. The SMILES string of the molecule is Cc1c(CC(=O)O)c(-c2ccc3c4c(ccnc24)CCO3)c2ccccc2c1O. The van der Waals surface area contributed by atoms with Crippen molar-refractivity contribution in [2.45, 2.75) is 19.8 Å². The fourth-order valence-corrected chi connectivity index (χ4v) is 4.39. The number of carboxylic acid groups (broad SMARTS) is 1. The molecule has 0 aliphatic carbocycles. The van der Waals surface area contributed by atoms with Gasteiger partial charge in [-0.2, -0.15) is 0 Å². The van der Waals surface area contributed by atoms with Crippen molar-refractivity contribution in [2.75, 3.05) is 6.61 Å². The first-order valence-corrected chi connectivity index (χ1v) is 9.55. The van der Waals surface area contributed by atoms with E-state index in [0.717, 1.165) is 39.6 Å². The summed E-state index contributed by atoms with van der Waals surface area (Å²) in [5.74, 6) is -0.0135. The van der Waals surface area contributed by atoms with Gasteiger partial charge in [0.25, 0.3) is 0 Å². The normalized spacial score (nSPS) is 12.9. The van der Waals surface area contributed by atoms with Gasteiger partial charge in [0.2, 0.25) is 0 Å². The van der Waals surface area contributed by atoms with Crippen LogP contribution in [0.3, 0.4) is 0 Å². The first-order chi connectivity index (χ1) is 14.1. The number of hydrogen-bond acceptors (Lipinski definition) is 4. The third kappa shape index (κ3) is 2.62. The second-order valence-corrected chi connectivity index (χ2v) is 7.35. The van der Waals surface area contributed by atoms with Crippen LogP contribution in [0.1, 0.15) is 16.7 Å². The van der Waals surface area contributed by atoms with Crippen LogP contribution in [0.2, 0.25) is 0 Å². The molecule has 0 saturated heterocycles. The van der Waals surface area contributed by atoms with Crippen LogP contribution >= 0.6 is 0 Å². The van der Waals surface area contributed by atoms with Crippen LogP contribution < -0.4 is 4.74 Å². The largest absolute Gasteiger partial charge is 0.507 e. The zero-order valence-corrected chi connectivity index (χ0v) is 15.9. The first-order valence-electron chi connectivity index (χ1n) is 9.55. The summed E-state index contributed by atoms with van der Waals surface area (Å²) in [5, 5.41) is 22.8. The van der Waals surface area contributed by atoms with Gasteiger partial charge in [0, 0.05) is 29.0 Å². The summed E-state index contributed by atoms with van der Waals surface area (Å²) in [5.41, 5.74) is 4.82. The standard InChI is InChI=1S/C24H19NO4/c1-13-18(12-20(26)27)22(15-4-2-3-5-16(15)24(13)28)17-6-7-19-21-14(9-11-29-19)8-10-25-23(17)21/h2-8,10,28H,9,11-12H2,1H3,(H,26,27). The Bertz CT molecular complexity index is 1300. The fraction of sp³-hybridized carbons (Fsp3) is 0.167. The van der Waals surface area contributed by atoms with Gasteiger partial charge in [-0.25, -0.2) is 0 Å². The maximum absolute atomic E-state index is 11.7. The maximum atomic E-state index is 11.7. The lowest BCUT2D eigenvalue weighted by Gasteiger charge is -2.22. The number of carboxylic acids is 1. The van der Waals surface area contributed by atoms with Crippen molar-refractivity contribution in [3.05, 3.63) is 65.4 Å². The third-order valence-electron chi connectivity index (χ3n) is 5.73. The monoisotopic (exact) mass is 385 g/mol. The molecule has 0 unspecified atom stereocenters. The number of carbonyl (C=O) groups is 1. The number of phenols is 1. The molecule has 29 heavy (non-hydrogen) atoms. The lowest BCUT2D eigenvalue weighted by atomic mass is 9.86. The highest BCUT2D eigenvalue weighted by Crippen LogP contribution is 2.45. The van der Waals surface area contributed by atoms with Crippen molar-refractivity contribution in [1.82, 2.24) is 4.98 Å². The van der Waals surface area contributed by atoms with Crippen molar-refractivity contribution in [3.8, 4) is 22.6 Å². The molecular weight excluding hydrogens is 366 g/mol. The number of aromatic hydroxyl groups is 1. The van der Waals surface area contributed by atoms with Gasteiger partial charge in [-0.3, -0.25) is 9.78 Å². The number of aromatic nitrogens is 1. The van der Waals surface area contributed by atoms with E-state index >= 15 is 0 Å². The van der Waals surface area contributed by atoms with Crippen molar-refractivity contribution in [2.24, 2.45) is 0 Å². The van der Waals surface area contributed by atoms with Gasteiger partial charge in [0.1, 0.15) is 11.5 Å². The summed E-state index contributed by atoms with van der Waals surface area (Å²) in [6, 6.07) is 13.4. The molecule has 1 aliphatic rings. The number of fused-ring (bicyclic) bond motifs is 1. The van der Waals surface area contributed by atoms with Gasteiger partial charge >= 0.3 is 5.97 Å². The Balaban J connectivity index is 1.95. The molecule has 0 fully saturated rings. The number of phenolic OH excluding ortho intramolecular Hbond substituents is 1. The molecule has 2 N–H and O–H groups in total. The molecule has 0 radical (unpaired) electrons. The first kappa shape index (κ1) is 17.5. The number of ether oxygens (including phenoxy) is 1. The minimum absolute atomic E-state index is 0.125. The number of hydrogen-bond donors (Lipinski definition) is 2. The number of benzene rings is 3. The van der Waals surface area contributed by atoms with Crippen LogP contribution in [0.15, 0.2) is 48.7 Å². The lowest BCUT2D eigenvalue weighted by molar-refractivity contribution is -0.136. The van der Waals surface area contributed by atoms with E-state index in [1.165, 1.54) is 5.56 Å². The van der Waals surface area contributed by atoms with Crippen molar-refractivity contribution < 1.29 is 19.7 Å². The Hall–Kier alpha value is -3.60. The van der Waals surface area contributed by atoms with Crippen molar-refractivity contribution >= 4 is 27.6 Å². The zero-order valence-electron chi connectivity index (χ0n) is 15.9. The van der Waals surface area contributed by atoms with E-state index < -0.39 is 5.97 Å². The van der Waals surface area contributed by atoms with Gasteiger partial charge < -0.3 is 14.9 Å². The summed E-state index contributed by atoms with van der Waals surface area (Å²) in [4.78, 5) is 16.3. The zero-order chi connectivity index (χ0) is 20.1. The van der Waals surface area contributed by atoms with Crippen LogP contribution in [0.4, 0.5) is 0 Å². The highest BCUT2D eigenvalue weighted by atomic mass is 16.5. The second-order valence-electron chi connectivity index (χ2n) is 7.35. The van der Waals surface area contributed by atoms with Crippen molar-refractivity contribution in [1.29, 1.82) is 0 Å². The predicted octanol–water partition coefficient (Wildman–Crippen LogP) is 4.63. The molecule has 0 saturated carbocycles. The Morgan fingerprint density at radius 3 is 2.72 bits per heavy atom. The number of pyridine rings is 1. The molecule has 2 heterocycles. The summed E-state index contributed by atoms with van der Waals surface area (Å²) >= 11 is 0. The van der Waals surface area contributed by atoms with Crippen molar-refractivity contribution in [3.63, 3.8) is 0 Å². The van der Waals surface area contributed by atoms with Crippen LogP contribution in [-0.2, 0) is 17.6 Å². The van der Waals surface area contributed by atoms with E-state index in [9.17, 15) is 15.0 Å². The molecular formula is C24H19NO4. The molecule has 1 aliphatic heterocycles. The predicted molar refractivity (Wildman–Crippen MR) is 112 cm³/mol. The van der Waals surface area contributed by atoms with Gasteiger partial charge in [-0.05, 0) is 52.8 Å². The fourth-order valence-electron chi connectivity index (χ4n) is 4.39. The summed E-state index contributed by atoms with van der Waals surface area (Å²) in [6.45, 7) is 2.40.